The number of nitro groups is 1. The largest absolute Gasteiger partial charge is 0.351 e. The summed E-state index contributed by atoms with van der Waals surface area (Å²) >= 11 is 6.42. The number of halogens is 2. The summed E-state index contributed by atoms with van der Waals surface area (Å²) in [4.78, 5) is 99.2. The summed E-state index contributed by atoms with van der Waals surface area (Å²) in [5, 5.41) is 19.6. The van der Waals surface area contributed by atoms with Gasteiger partial charge < -0.3 is 20.4 Å². The van der Waals surface area contributed by atoms with Crippen LogP contribution >= 0.6 is 24.0 Å². The molecule has 3 aliphatic rings. The van der Waals surface area contributed by atoms with Crippen LogP contribution in [-0.2, 0) is 0 Å². The first-order valence-electron chi connectivity index (χ1n) is 18.8. The fraction of sp³-hybridized carbons (Fsp3) is 0.238. The summed E-state index contributed by atoms with van der Waals surface area (Å²) in [7, 11) is 0. The normalized spacial score (nSPS) is 15.2. The van der Waals surface area contributed by atoms with E-state index in [1.807, 2.05) is 6.92 Å². The molecule has 0 aromatic heterocycles. The Morgan fingerprint density at radius 3 is 2.12 bits per heavy atom. The Labute approximate surface area is 348 Å². The molecule has 15 nitrogen and oxygen atoms in total. The highest BCUT2D eigenvalue weighted by Crippen LogP contribution is 2.37. The molecule has 17 heteroatoms. The zero-order chi connectivity index (χ0) is 40.8. The highest BCUT2D eigenvalue weighted by atomic mass is 35.5. The molecule has 1 saturated heterocycles. The lowest BCUT2D eigenvalue weighted by Crippen LogP contribution is -2.48. The Morgan fingerprint density at radius 2 is 1.41 bits per heavy atom. The molecule has 0 radical (unpaired) electrons. The van der Waals surface area contributed by atoms with Crippen molar-refractivity contribution < 1.29 is 33.7 Å². The second-order valence-electron chi connectivity index (χ2n) is 14.2. The Morgan fingerprint density at radius 1 is 0.746 bits per heavy atom. The summed E-state index contributed by atoms with van der Waals surface area (Å²) in [5.41, 5.74) is 0.877. The number of imide groups is 2. The number of amides is 6. The smallest absolute Gasteiger partial charge is 0.270 e. The molecule has 6 amide bonds. The minimum atomic E-state index is -0.639. The second kappa shape index (κ2) is 16.5. The van der Waals surface area contributed by atoms with Gasteiger partial charge in [-0.3, -0.25) is 43.8 Å². The molecule has 0 saturated carbocycles. The van der Waals surface area contributed by atoms with E-state index in [2.05, 4.69) is 15.5 Å². The molecule has 302 valence electrons. The lowest BCUT2D eigenvalue weighted by Gasteiger charge is -2.34. The van der Waals surface area contributed by atoms with Crippen molar-refractivity contribution in [1.29, 1.82) is 0 Å². The van der Waals surface area contributed by atoms with Crippen LogP contribution in [0.5, 0.6) is 0 Å². The predicted molar refractivity (Wildman–Crippen MR) is 223 cm³/mol. The molecule has 1 fully saturated rings. The van der Waals surface area contributed by atoms with E-state index in [1.54, 1.807) is 53.4 Å². The quantitative estimate of drug-likeness (QED) is 0.0780. The van der Waals surface area contributed by atoms with E-state index in [0.717, 1.165) is 16.3 Å². The zero-order valence-corrected chi connectivity index (χ0v) is 33.2. The molecule has 3 heterocycles. The van der Waals surface area contributed by atoms with E-state index >= 15 is 0 Å². The number of hydrogen-bond acceptors (Lipinski definition) is 10. The molecule has 5 aromatic carbocycles. The van der Waals surface area contributed by atoms with Gasteiger partial charge in [0.1, 0.15) is 0 Å². The average molecular weight is 839 g/mol. The topological polar surface area (TPSA) is 183 Å². The number of benzene rings is 5. The Balaban J connectivity index is 0.00000528. The number of nitrogens with zero attached hydrogens (tertiary/aromatic N) is 5. The summed E-state index contributed by atoms with van der Waals surface area (Å²) in [6.07, 6.45) is 0. The van der Waals surface area contributed by atoms with Crippen molar-refractivity contribution in [1.82, 2.24) is 25.3 Å². The van der Waals surface area contributed by atoms with E-state index < -0.39 is 34.5 Å². The van der Waals surface area contributed by atoms with E-state index in [1.165, 1.54) is 30.3 Å². The zero-order valence-electron chi connectivity index (χ0n) is 31.7. The average Bonchev–Trinajstić information content (AvgIpc) is 3.23. The summed E-state index contributed by atoms with van der Waals surface area (Å²) in [6.45, 7) is 5.64. The SMILES string of the molecule is CCN1CCN(C(=O)c2cc(C(=O)NCCNCCN3C(=O)c4cccc5cc([N+](=O)[O-])cc(c45)C3=O)cc(N3C(=O)c4cccc5c(Cl)ccc(c45)C3=O)c2)CC1.Cl. The molecule has 0 atom stereocenters. The molecule has 0 aliphatic carbocycles. The first kappa shape index (κ1) is 40.9. The van der Waals surface area contributed by atoms with Gasteiger partial charge in [-0.05, 0) is 54.4 Å². The van der Waals surface area contributed by atoms with Crippen molar-refractivity contribution in [2.24, 2.45) is 0 Å². The van der Waals surface area contributed by atoms with Crippen LogP contribution in [0.4, 0.5) is 11.4 Å². The third kappa shape index (κ3) is 7.38. The van der Waals surface area contributed by atoms with Crippen LogP contribution in [0.3, 0.4) is 0 Å². The Kier molecular flexibility index (Phi) is 11.5. The van der Waals surface area contributed by atoms with E-state index in [4.69, 9.17) is 11.6 Å². The van der Waals surface area contributed by atoms with Crippen LogP contribution in [0.2, 0.25) is 5.02 Å². The maximum absolute atomic E-state index is 14.0. The molecule has 59 heavy (non-hydrogen) atoms. The van der Waals surface area contributed by atoms with Gasteiger partial charge in [-0.15, -0.1) is 12.4 Å². The fourth-order valence-electron chi connectivity index (χ4n) is 7.87. The number of nitrogens with one attached hydrogen (secondary N) is 2. The fourth-order valence-corrected chi connectivity index (χ4v) is 8.09. The van der Waals surface area contributed by atoms with Gasteiger partial charge in [-0.1, -0.05) is 42.8 Å². The van der Waals surface area contributed by atoms with Crippen molar-refractivity contribution in [2.45, 2.75) is 6.92 Å². The maximum Gasteiger partial charge on any atom is 0.270 e. The molecular weight excluding hydrogens is 801 g/mol. The maximum atomic E-state index is 14.0. The lowest BCUT2D eigenvalue weighted by atomic mass is 9.93. The minimum absolute atomic E-state index is 0. The molecular formula is C42H37Cl2N7O8. The van der Waals surface area contributed by atoms with Crippen LogP contribution in [0.1, 0.15) is 69.1 Å². The number of piperazine rings is 1. The Hall–Kier alpha value is -6.26. The van der Waals surface area contributed by atoms with Crippen LogP contribution in [-0.4, -0.2) is 114 Å². The van der Waals surface area contributed by atoms with Crippen molar-refractivity contribution in [3.63, 3.8) is 0 Å². The molecule has 0 bridgehead atoms. The second-order valence-corrected chi connectivity index (χ2v) is 14.6. The molecule has 3 aliphatic heterocycles. The van der Waals surface area contributed by atoms with Gasteiger partial charge in [-0.25, -0.2) is 4.90 Å². The van der Waals surface area contributed by atoms with Gasteiger partial charge in [0, 0.05) is 113 Å². The summed E-state index contributed by atoms with van der Waals surface area (Å²) < 4.78 is 0. The van der Waals surface area contributed by atoms with Gasteiger partial charge in [0.15, 0.2) is 0 Å². The number of likely N-dealkylation sites (N-methyl/N-ethyl adjacent to an activating group) is 1. The summed E-state index contributed by atoms with van der Waals surface area (Å²) in [6, 6.07) is 19.8. The van der Waals surface area contributed by atoms with Crippen LogP contribution in [0.25, 0.3) is 21.5 Å². The Bertz CT molecular complexity index is 2610. The van der Waals surface area contributed by atoms with E-state index in [0.29, 0.717) is 52.7 Å². The molecule has 2 N–H and O–H groups in total. The lowest BCUT2D eigenvalue weighted by molar-refractivity contribution is -0.384. The van der Waals surface area contributed by atoms with Gasteiger partial charge in [0.25, 0.3) is 41.1 Å². The number of anilines is 1. The summed E-state index contributed by atoms with van der Waals surface area (Å²) in [5.74, 6) is -3.29. The van der Waals surface area contributed by atoms with Crippen LogP contribution < -0.4 is 15.5 Å². The molecule has 5 aromatic rings. The van der Waals surface area contributed by atoms with Crippen LogP contribution in [0.15, 0.2) is 78.9 Å². The van der Waals surface area contributed by atoms with Crippen LogP contribution in [0, 0.1) is 10.1 Å². The van der Waals surface area contributed by atoms with Gasteiger partial charge in [-0.2, -0.15) is 0 Å². The monoisotopic (exact) mass is 837 g/mol. The van der Waals surface area contributed by atoms with Crippen molar-refractivity contribution in [2.75, 3.05) is 63.8 Å². The highest BCUT2D eigenvalue weighted by molar-refractivity contribution is 6.41. The van der Waals surface area contributed by atoms with Crippen molar-refractivity contribution >= 4 is 92.4 Å². The standard InChI is InChI=1S/C42H36ClN7O8.ClH/c1-2-46-15-17-47(18-16-46)38(52)26-19-25(21-27(22-26)49-41(55)31-8-4-6-29-34(43)10-9-32(36(29)31)42(49)56)37(51)45-12-11-44-13-14-48-39(53)30-7-3-5-24-20-28(50(57)58)23-33(35(24)30)40(48)54;/h3-10,19-23,44H,2,11-18H2,1H3,(H,45,51);1H. The number of rotatable bonds is 11. The number of nitro benzene ring substituents is 1. The highest BCUT2D eigenvalue weighted by Gasteiger charge is 2.36. The first-order valence-corrected chi connectivity index (χ1v) is 19.2. The van der Waals surface area contributed by atoms with E-state index in [-0.39, 0.29) is 89.2 Å². The van der Waals surface area contributed by atoms with Gasteiger partial charge in [0.2, 0.25) is 0 Å². The third-order valence-corrected chi connectivity index (χ3v) is 11.2. The minimum Gasteiger partial charge on any atom is -0.351 e. The van der Waals surface area contributed by atoms with Crippen molar-refractivity contribution in [3.8, 4) is 0 Å². The molecule has 8 rings (SSSR count). The van der Waals surface area contributed by atoms with Gasteiger partial charge in [0.05, 0.1) is 16.2 Å². The third-order valence-electron chi connectivity index (χ3n) is 10.9. The number of carbonyl (C=O) groups is 6. The number of hydrogen-bond donors (Lipinski definition) is 2. The predicted octanol–water partition coefficient (Wildman–Crippen LogP) is 5.17. The number of carbonyl (C=O) groups excluding carboxylic acids is 6. The van der Waals surface area contributed by atoms with Crippen molar-refractivity contribution in [3.05, 3.63) is 127 Å². The van der Waals surface area contributed by atoms with E-state index in [9.17, 15) is 38.9 Å². The molecule has 0 spiro atoms. The van der Waals surface area contributed by atoms with Gasteiger partial charge >= 0.3 is 0 Å². The number of non-ortho nitro benzene ring substituents is 1. The first-order chi connectivity index (χ1) is 28.0. The molecule has 0 unspecified atom stereocenters.